The Morgan fingerprint density at radius 3 is 2.78 bits per heavy atom. The number of carbonyl (C=O) groups excluding carboxylic acids is 1. The fourth-order valence-corrected chi connectivity index (χ4v) is 2.43. The molecule has 0 spiro atoms. The summed E-state index contributed by atoms with van der Waals surface area (Å²) in [5, 5.41) is 11.6. The first-order chi connectivity index (χ1) is 8.72. The molecule has 0 radical (unpaired) electrons. The molecule has 3 nitrogen and oxygen atoms in total. The number of aliphatic hydroxyl groups excluding tert-OH is 1. The number of carbonyl (C=O) groups is 1. The molecule has 0 saturated heterocycles. The largest absolute Gasteiger partial charge is 0.396 e. The Kier molecular flexibility index (Phi) is 7.53. The number of aliphatic hydroxyl groups is 1. The van der Waals surface area contributed by atoms with Gasteiger partial charge in [0, 0.05) is 24.0 Å². The Labute approximate surface area is 113 Å². The highest BCUT2D eigenvalue weighted by Gasteiger charge is 2.06. The number of benzene rings is 1. The molecule has 1 amide bonds. The van der Waals surface area contributed by atoms with E-state index in [0.717, 1.165) is 12.2 Å². The lowest BCUT2D eigenvalue weighted by Crippen LogP contribution is -2.33. The third-order valence-corrected chi connectivity index (χ3v) is 3.63. The molecule has 0 aromatic heterocycles. The van der Waals surface area contributed by atoms with Crippen LogP contribution in [0.25, 0.3) is 0 Å². The van der Waals surface area contributed by atoms with Gasteiger partial charge in [-0.05, 0) is 37.7 Å². The van der Waals surface area contributed by atoms with Crippen molar-refractivity contribution in [3.63, 3.8) is 0 Å². The number of hydrogen-bond acceptors (Lipinski definition) is 3. The Bertz CT molecular complexity index is 343. The SMILES string of the molecule is CC(CCO)NC(=O)CCCSc1ccccc1. The topological polar surface area (TPSA) is 49.3 Å². The Balaban J connectivity index is 2.09. The Morgan fingerprint density at radius 2 is 2.11 bits per heavy atom. The fourth-order valence-electron chi connectivity index (χ4n) is 1.55. The van der Waals surface area contributed by atoms with E-state index in [1.165, 1.54) is 4.90 Å². The van der Waals surface area contributed by atoms with Gasteiger partial charge >= 0.3 is 0 Å². The van der Waals surface area contributed by atoms with Gasteiger partial charge in [-0.15, -0.1) is 11.8 Å². The molecule has 0 bridgehead atoms. The summed E-state index contributed by atoms with van der Waals surface area (Å²) in [6.07, 6.45) is 2.04. The van der Waals surface area contributed by atoms with E-state index in [-0.39, 0.29) is 18.6 Å². The van der Waals surface area contributed by atoms with Gasteiger partial charge in [0.25, 0.3) is 0 Å². The summed E-state index contributed by atoms with van der Waals surface area (Å²) in [5.41, 5.74) is 0. The first-order valence-electron chi connectivity index (χ1n) is 6.30. The van der Waals surface area contributed by atoms with Crippen LogP contribution in [0, 0.1) is 0 Å². The van der Waals surface area contributed by atoms with Gasteiger partial charge in [-0.25, -0.2) is 0 Å². The molecule has 1 rings (SSSR count). The van der Waals surface area contributed by atoms with E-state index in [2.05, 4.69) is 17.4 Å². The van der Waals surface area contributed by atoms with Gasteiger partial charge in [0.05, 0.1) is 0 Å². The van der Waals surface area contributed by atoms with Crippen molar-refractivity contribution in [2.45, 2.75) is 37.1 Å². The smallest absolute Gasteiger partial charge is 0.220 e. The van der Waals surface area contributed by atoms with Gasteiger partial charge in [-0.3, -0.25) is 4.79 Å². The predicted octanol–water partition coefficient (Wildman–Crippen LogP) is 2.45. The van der Waals surface area contributed by atoms with Crippen LogP contribution in [-0.4, -0.2) is 29.4 Å². The maximum absolute atomic E-state index is 11.5. The summed E-state index contributed by atoms with van der Waals surface area (Å²) in [6, 6.07) is 10.3. The lowest BCUT2D eigenvalue weighted by atomic mass is 10.2. The molecule has 0 aliphatic carbocycles. The van der Waals surface area contributed by atoms with E-state index in [9.17, 15) is 4.79 Å². The Hall–Kier alpha value is -1.00. The molecular formula is C14H21NO2S. The van der Waals surface area contributed by atoms with Crippen LogP contribution in [0.3, 0.4) is 0 Å². The molecule has 1 aromatic carbocycles. The third kappa shape index (κ3) is 6.67. The molecule has 1 unspecified atom stereocenters. The zero-order valence-corrected chi connectivity index (χ0v) is 11.6. The molecule has 1 atom stereocenters. The van der Waals surface area contributed by atoms with Crippen LogP contribution in [0.5, 0.6) is 0 Å². The number of thioether (sulfide) groups is 1. The Morgan fingerprint density at radius 1 is 1.39 bits per heavy atom. The van der Waals surface area contributed by atoms with Crippen LogP contribution in [-0.2, 0) is 4.79 Å². The monoisotopic (exact) mass is 267 g/mol. The second kappa shape index (κ2) is 9.00. The van der Waals surface area contributed by atoms with E-state index in [4.69, 9.17) is 5.11 Å². The van der Waals surface area contributed by atoms with Crippen molar-refractivity contribution >= 4 is 17.7 Å². The molecule has 0 aliphatic heterocycles. The molecule has 0 saturated carbocycles. The van der Waals surface area contributed by atoms with Gasteiger partial charge in [0.15, 0.2) is 0 Å². The summed E-state index contributed by atoms with van der Waals surface area (Å²) in [6.45, 7) is 2.03. The van der Waals surface area contributed by atoms with Crippen molar-refractivity contribution < 1.29 is 9.90 Å². The van der Waals surface area contributed by atoms with Crippen LogP contribution < -0.4 is 5.32 Å². The van der Waals surface area contributed by atoms with Crippen LogP contribution in [0.1, 0.15) is 26.2 Å². The zero-order valence-electron chi connectivity index (χ0n) is 10.8. The van der Waals surface area contributed by atoms with Crippen molar-refractivity contribution in [3.8, 4) is 0 Å². The van der Waals surface area contributed by atoms with Crippen molar-refractivity contribution in [3.05, 3.63) is 30.3 Å². The van der Waals surface area contributed by atoms with E-state index in [1.807, 2.05) is 25.1 Å². The maximum Gasteiger partial charge on any atom is 0.220 e. The zero-order chi connectivity index (χ0) is 13.2. The molecule has 1 aromatic rings. The molecule has 0 aliphatic rings. The molecular weight excluding hydrogens is 246 g/mol. The normalized spacial score (nSPS) is 12.1. The van der Waals surface area contributed by atoms with Crippen LogP contribution in [0.2, 0.25) is 0 Å². The fraction of sp³-hybridized carbons (Fsp3) is 0.500. The molecule has 100 valence electrons. The highest BCUT2D eigenvalue weighted by atomic mass is 32.2. The van der Waals surface area contributed by atoms with Gasteiger partial charge in [0.1, 0.15) is 0 Å². The summed E-state index contributed by atoms with van der Waals surface area (Å²) in [5.74, 6) is 1.02. The minimum absolute atomic E-state index is 0.0595. The first kappa shape index (κ1) is 15.1. The predicted molar refractivity (Wildman–Crippen MR) is 75.7 cm³/mol. The molecule has 0 heterocycles. The maximum atomic E-state index is 11.5. The van der Waals surface area contributed by atoms with Crippen LogP contribution >= 0.6 is 11.8 Å². The molecule has 4 heteroatoms. The second-order valence-electron chi connectivity index (χ2n) is 4.25. The second-order valence-corrected chi connectivity index (χ2v) is 5.41. The average molecular weight is 267 g/mol. The lowest BCUT2D eigenvalue weighted by molar-refractivity contribution is -0.121. The van der Waals surface area contributed by atoms with Gasteiger partial charge in [0.2, 0.25) is 5.91 Å². The molecule has 2 N–H and O–H groups in total. The molecule has 0 fully saturated rings. The number of hydrogen-bond donors (Lipinski definition) is 2. The quantitative estimate of drug-likeness (QED) is 0.562. The van der Waals surface area contributed by atoms with E-state index >= 15 is 0 Å². The van der Waals surface area contributed by atoms with Crippen molar-refractivity contribution in [1.29, 1.82) is 0 Å². The lowest BCUT2D eigenvalue weighted by Gasteiger charge is -2.12. The van der Waals surface area contributed by atoms with Crippen molar-refractivity contribution in [2.24, 2.45) is 0 Å². The van der Waals surface area contributed by atoms with Gasteiger partial charge in [-0.2, -0.15) is 0 Å². The summed E-state index contributed by atoms with van der Waals surface area (Å²) < 4.78 is 0. The summed E-state index contributed by atoms with van der Waals surface area (Å²) in [4.78, 5) is 12.8. The number of rotatable bonds is 8. The highest BCUT2D eigenvalue weighted by Crippen LogP contribution is 2.18. The van der Waals surface area contributed by atoms with Gasteiger partial charge < -0.3 is 10.4 Å². The number of amides is 1. The standard InChI is InChI=1S/C14H21NO2S/c1-12(9-10-16)15-14(17)8-5-11-18-13-6-3-2-4-7-13/h2-4,6-7,12,16H,5,8-11H2,1H3,(H,15,17). The first-order valence-corrected chi connectivity index (χ1v) is 7.29. The third-order valence-electron chi connectivity index (χ3n) is 2.53. The highest BCUT2D eigenvalue weighted by molar-refractivity contribution is 7.99. The average Bonchev–Trinajstić information content (AvgIpc) is 2.36. The van der Waals surface area contributed by atoms with Crippen molar-refractivity contribution in [1.82, 2.24) is 5.32 Å². The van der Waals surface area contributed by atoms with E-state index in [0.29, 0.717) is 12.8 Å². The van der Waals surface area contributed by atoms with E-state index in [1.54, 1.807) is 11.8 Å². The van der Waals surface area contributed by atoms with Crippen LogP contribution in [0.15, 0.2) is 35.2 Å². The van der Waals surface area contributed by atoms with Gasteiger partial charge in [-0.1, -0.05) is 18.2 Å². The van der Waals surface area contributed by atoms with Crippen molar-refractivity contribution in [2.75, 3.05) is 12.4 Å². The molecule has 18 heavy (non-hydrogen) atoms. The minimum Gasteiger partial charge on any atom is -0.396 e. The van der Waals surface area contributed by atoms with Crippen LogP contribution in [0.4, 0.5) is 0 Å². The number of nitrogens with one attached hydrogen (secondary N) is 1. The summed E-state index contributed by atoms with van der Waals surface area (Å²) in [7, 11) is 0. The minimum atomic E-state index is 0.0595. The summed E-state index contributed by atoms with van der Waals surface area (Å²) >= 11 is 1.77. The van der Waals surface area contributed by atoms with E-state index < -0.39 is 0 Å².